The van der Waals surface area contributed by atoms with E-state index in [0.29, 0.717) is 22.5 Å². The summed E-state index contributed by atoms with van der Waals surface area (Å²) < 4.78 is 4.65. The molecule has 0 saturated carbocycles. The minimum atomic E-state index is -1.48. The first-order valence-electron chi connectivity index (χ1n) is 8.71. The summed E-state index contributed by atoms with van der Waals surface area (Å²) in [6, 6.07) is 12.8. The second-order valence-corrected chi connectivity index (χ2v) is 6.58. The Labute approximate surface area is 160 Å². The highest BCUT2D eigenvalue weighted by molar-refractivity contribution is 6.18. The lowest BCUT2D eigenvalue weighted by Crippen LogP contribution is -2.68. The quantitative estimate of drug-likeness (QED) is 0.790. The molecule has 2 N–H and O–H groups in total. The van der Waals surface area contributed by atoms with Gasteiger partial charge in [-0.05, 0) is 36.4 Å². The summed E-state index contributed by atoms with van der Waals surface area (Å²) in [5.41, 5.74) is 0.0630. The highest BCUT2D eigenvalue weighted by Crippen LogP contribution is 2.39. The highest BCUT2D eigenvalue weighted by Gasteiger charge is 2.56. The Morgan fingerprint density at radius 1 is 1.11 bits per heavy atom. The number of amides is 3. The molecule has 0 bridgehead atoms. The molecule has 0 spiro atoms. The third-order valence-corrected chi connectivity index (χ3v) is 4.98. The lowest BCUT2D eigenvalue weighted by atomic mass is 9.98. The largest absolute Gasteiger partial charge is 0.465 e. The second kappa shape index (κ2) is 6.49. The van der Waals surface area contributed by atoms with E-state index in [1.807, 2.05) is 0 Å². The van der Waals surface area contributed by atoms with Gasteiger partial charge in [-0.1, -0.05) is 12.1 Å². The zero-order valence-electron chi connectivity index (χ0n) is 15.0. The van der Waals surface area contributed by atoms with E-state index in [1.54, 1.807) is 36.4 Å². The number of fused-ring (bicyclic) bond motifs is 3. The number of rotatable bonds is 3. The molecule has 0 aliphatic carbocycles. The molecule has 0 radical (unpaired) electrons. The number of carbonyl (C=O) groups is 4. The van der Waals surface area contributed by atoms with Gasteiger partial charge in [-0.25, -0.2) is 4.79 Å². The maximum atomic E-state index is 13.1. The first-order chi connectivity index (χ1) is 13.5. The predicted octanol–water partition coefficient (Wildman–Crippen LogP) is 1.68. The molecule has 4 rings (SSSR count). The van der Waals surface area contributed by atoms with Crippen LogP contribution in [0.1, 0.15) is 33.6 Å². The number of benzene rings is 2. The SMILES string of the molecule is COC(=O)c1ccc(NC(=O)[C@@]23CCC(=O)N2c2ccccc2C(=O)N3)cc1. The number of nitrogens with one attached hydrogen (secondary N) is 2. The van der Waals surface area contributed by atoms with Crippen LogP contribution < -0.4 is 15.5 Å². The molecule has 1 saturated heterocycles. The Balaban J connectivity index is 1.66. The van der Waals surface area contributed by atoms with E-state index in [4.69, 9.17) is 0 Å². The molecular formula is C20H17N3O5. The van der Waals surface area contributed by atoms with E-state index >= 15 is 0 Å². The molecular weight excluding hydrogens is 362 g/mol. The molecule has 2 aliphatic rings. The molecule has 28 heavy (non-hydrogen) atoms. The van der Waals surface area contributed by atoms with Gasteiger partial charge in [0.25, 0.3) is 11.8 Å². The van der Waals surface area contributed by atoms with Crippen LogP contribution in [-0.4, -0.2) is 36.5 Å². The fourth-order valence-corrected chi connectivity index (χ4v) is 3.61. The van der Waals surface area contributed by atoms with Gasteiger partial charge < -0.3 is 15.4 Å². The second-order valence-electron chi connectivity index (χ2n) is 6.58. The van der Waals surface area contributed by atoms with Crippen molar-refractivity contribution >= 4 is 35.1 Å². The molecule has 2 aliphatic heterocycles. The Morgan fingerprint density at radius 3 is 2.54 bits per heavy atom. The number of nitrogens with zero attached hydrogens (tertiary/aromatic N) is 1. The number of methoxy groups -OCH3 is 1. The van der Waals surface area contributed by atoms with Gasteiger partial charge in [-0.3, -0.25) is 19.3 Å². The number of ether oxygens (including phenoxy) is 1. The van der Waals surface area contributed by atoms with Crippen LogP contribution in [0.25, 0.3) is 0 Å². The molecule has 2 heterocycles. The van der Waals surface area contributed by atoms with Gasteiger partial charge in [-0.15, -0.1) is 0 Å². The van der Waals surface area contributed by atoms with Crippen molar-refractivity contribution in [2.45, 2.75) is 18.5 Å². The number of hydrogen-bond donors (Lipinski definition) is 2. The third-order valence-electron chi connectivity index (χ3n) is 4.98. The number of para-hydroxylation sites is 1. The van der Waals surface area contributed by atoms with E-state index in [-0.39, 0.29) is 18.7 Å². The minimum absolute atomic E-state index is 0.142. The molecule has 8 nitrogen and oxygen atoms in total. The van der Waals surface area contributed by atoms with Gasteiger partial charge in [0.05, 0.1) is 23.9 Å². The van der Waals surface area contributed by atoms with Crippen molar-refractivity contribution in [3.05, 3.63) is 59.7 Å². The Bertz CT molecular complexity index is 1000. The summed E-state index contributed by atoms with van der Waals surface area (Å²) in [6.45, 7) is 0. The molecule has 8 heteroatoms. The maximum Gasteiger partial charge on any atom is 0.337 e. The highest BCUT2D eigenvalue weighted by atomic mass is 16.5. The average Bonchev–Trinajstić information content (AvgIpc) is 3.06. The van der Waals surface area contributed by atoms with Gasteiger partial charge in [0.2, 0.25) is 11.6 Å². The van der Waals surface area contributed by atoms with Crippen molar-refractivity contribution in [3.8, 4) is 0 Å². The van der Waals surface area contributed by atoms with E-state index in [1.165, 1.54) is 24.1 Å². The van der Waals surface area contributed by atoms with E-state index in [9.17, 15) is 19.2 Å². The molecule has 2 aromatic rings. The van der Waals surface area contributed by atoms with Gasteiger partial charge in [-0.2, -0.15) is 0 Å². The molecule has 1 fully saturated rings. The van der Waals surface area contributed by atoms with Crippen LogP contribution in [0.3, 0.4) is 0 Å². The number of esters is 1. The van der Waals surface area contributed by atoms with Gasteiger partial charge in [0.15, 0.2) is 0 Å². The molecule has 3 amide bonds. The Morgan fingerprint density at radius 2 is 1.82 bits per heavy atom. The number of anilines is 2. The summed E-state index contributed by atoms with van der Waals surface area (Å²) in [4.78, 5) is 51.1. The number of hydrogen-bond acceptors (Lipinski definition) is 5. The van der Waals surface area contributed by atoms with E-state index in [2.05, 4.69) is 15.4 Å². The van der Waals surface area contributed by atoms with Crippen LogP contribution >= 0.6 is 0 Å². The van der Waals surface area contributed by atoms with Gasteiger partial charge in [0, 0.05) is 18.5 Å². The van der Waals surface area contributed by atoms with Crippen LogP contribution in [0.5, 0.6) is 0 Å². The zero-order chi connectivity index (χ0) is 19.9. The fraction of sp³-hybridized carbons (Fsp3) is 0.200. The maximum absolute atomic E-state index is 13.1. The van der Waals surface area contributed by atoms with Crippen LogP contribution in [0, 0.1) is 0 Å². The van der Waals surface area contributed by atoms with Crippen molar-refractivity contribution in [1.29, 1.82) is 0 Å². The molecule has 2 aromatic carbocycles. The average molecular weight is 379 g/mol. The summed E-state index contributed by atoms with van der Waals surface area (Å²) >= 11 is 0. The van der Waals surface area contributed by atoms with Gasteiger partial charge in [0.1, 0.15) is 0 Å². The van der Waals surface area contributed by atoms with Crippen molar-refractivity contribution in [2.75, 3.05) is 17.3 Å². The van der Waals surface area contributed by atoms with Crippen LogP contribution in [-0.2, 0) is 14.3 Å². The lowest BCUT2D eigenvalue weighted by molar-refractivity contribution is -0.124. The summed E-state index contributed by atoms with van der Waals surface area (Å²) in [7, 11) is 1.28. The van der Waals surface area contributed by atoms with Crippen molar-refractivity contribution in [2.24, 2.45) is 0 Å². The first kappa shape index (κ1) is 17.7. The topological polar surface area (TPSA) is 105 Å². The lowest BCUT2D eigenvalue weighted by Gasteiger charge is -2.41. The zero-order valence-corrected chi connectivity index (χ0v) is 15.0. The monoisotopic (exact) mass is 379 g/mol. The molecule has 0 aromatic heterocycles. The minimum Gasteiger partial charge on any atom is -0.465 e. The summed E-state index contributed by atoms with van der Waals surface area (Å²) in [5.74, 6) is -1.64. The smallest absolute Gasteiger partial charge is 0.337 e. The number of carbonyl (C=O) groups excluding carboxylic acids is 4. The van der Waals surface area contributed by atoms with E-state index in [0.717, 1.165) is 0 Å². The van der Waals surface area contributed by atoms with E-state index < -0.39 is 23.4 Å². The Hall–Kier alpha value is -3.68. The Kier molecular flexibility index (Phi) is 4.11. The fourth-order valence-electron chi connectivity index (χ4n) is 3.61. The molecule has 1 atom stereocenters. The van der Waals surface area contributed by atoms with Gasteiger partial charge >= 0.3 is 5.97 Å². The van der Waals surface area contributed by atoms with Crippen molar-refractivity contribution < 1.29 is 23.9 Å². The van der Waals surface area contributed by atoms with Crippen LogP contribution in [0.4, 0.5) is 11.4 Å². The first-order valence-corrected chi connectivity index (χ1v) is 8.71. The summed E-state index contributed by atoms with van der Waals surface area (Å²) in [6.07, 6.45) is 0.307. The normalized spacial score (nSPS) is 20.1. The van der Waals surface area contributed by atoms with Crippen molar-refractivity contribution in [3.63, 3.8) is 0 Å². The third kappa shape index (κ3) is 2.61. The van der Waals surface area contributed by atoms with Crippen molar-refractivity contribution in [1.82, 2.24) is 5.32 Å². The summed E-state index contributed by atoms with van der Waals surface area (Å²) in [5, 5.41) is 5.45. The standard InChI is InChI=1S/C20H17N3O5/c1-28-18(26)12-6-8-13(9-7-12)21-19(27)20-11-10-16(24)23(20)15-5-3-2-4-14(15)17(25)22-20/h2-9H,10-11H2,1H3,(H,21,27)(H,22,25)/t20-/m1/s1. The van der Waals surface area contributed by atoms with Crippen LogP contribution in [0.2, 0.25) is 0 Å². The molecule has 0 unspecified atom stereocenters. The predicted molar refractivity (Wildman–Crippen MR) is 99.8 cm³/mol. The van der Waals surface area contributed by atoms with Crippen LogP contribution in [0.15, 0.2) is 48.5 Å². The molecule has 142 valence electrons.